The highest BCUT2D eigenvalue weighted by Gasteiger charge is 2.20. The van der Waals surface area contributed by atoms with Crippen LogP contribution >= 0.6 is 0 Å². The van der Waals surface area contributed by atoms with Crippen LogP contribution in [-0.2, 0) is 10.2 Å². The summed E-state index contributed by atoms with van der Waals surface area (Å²) in [5.74, 6) is -0.161. The molecule has 100 valence electrons. The highest BCUT2D eigenvalue weighted by Crippen LogP contribution is 2.28. The molecule has 0 saturated carbocycles. The van der Waals surface area contributed by atoms with Crippen molar-refractivity contribution in [3.8, 4) is 0 Å². The molecule has 3 heteroatoms. The minimum Gasteiger partial charge on any atom is -0.291 e. The van der Waals surface area contributed by atoms with Crippen LogP contribution in [0.5, 0.6) is 0 Å². The average molecular weight is 248 g/mol. The third-order valence-corrected chi connectivity index (χ3v) is 3.25. The van der Waals surface area contributed by atoms with E-state index in [1.54, 1.807) is 7.05 Å². The predicted octanol–water partition coefficient (Wildman–Crippen LogP) is 2.65. The smallest absolute Gasteiger partial charge is 0.241 e. The Bertz CT molecular complexity index is 433. The first-order valence-electron chi connectivity index (χ1n) is 6.35. The van der Waals surface area contributed by atoms with Gasteiger partial charge in [-0.25, -0.2) is 5.43 Å². The number of hydrogen-bond acceptors (Lipinski definition) is 2. The molecule has 0 radical (unpaired) electrons. The third-order valence-electron chi connectivity index (χ3n) is 3.25. The van der Waals surface area contributed by atoms with E-state index in [9.17, 15) is 4.79 Å². The number of nitrogens with one attached hydrogen (secondary N) is 2. The van der Waals surface area contributed by atoms with E-state index in [2.05, 4.69) is 49.8 Å². The molecule has 0 aliphatic heterocycles. The third kappa shape index (κ3) is 3.33. The van der Waals surface area contributed by atoms with Crippen molar-refractivity contribution < 1.29 is 4.79 Å². The van der Waals surface area contributed by atoms with E-state index in [-0.39, 0.29) is 17.2 Å². The number of hydrazine groups is 1. The van der Waals surface area contributed by atoms with Gasteiger partial charge in [0.2, 0.25) is 5.91 Å². The second kappa shape index (κ2) is 5.53. The Morgan fingerprint density at radius 3 is 2.39 bits per heavy atom. The first-order valence-corrected chi connectivity index (χ1v) is 6.35. The molecule has 1 aromatic carbocycles. The predicted molar refractivity (Wildman–Crippen MR) is 75.5 cm³/mol. The second-order valence-electron chi connectivity index (χ2n) is 5.78. The minimum absolute atomic E-state index is 0.00772. The van der Waals surface area contributed by atoms with Crippen molar-refractivity contribution in [1.82, 2.24) is 10.9 Å². The summed E-state index contributed by atoms with van der Waals surface area (Å²) in [5.41, 5.74) is 8.93. The molecule has 0 aliphatic rings. The van der Waals surface area contributed by atoms with Crippen LogP contribution in [0.2, 0.25) is 0 Å². The molecule has 0 fully saturated rings. The maximum atomic E-state index is 11.9. The van der Waals surface area contributed by atoms with Crippen molar-refractivity contribution in [1.29, 1.82) is 0 Å². The van der Waals surface area contributed by atoms with E-state index in [1.165, 1.54) is 5.56 Å². The quantitative estimate of drug-likeness (QED) is 0.807. The molecule has 0 bridgehead atoms. The zero-order chi connectivity index (χ0) is 13.9. The number of aryl methyl sites for hydroxylation is 1. The SMILES string of the molecule is CNNC(=O)C(C)c1cc(C(C)(C)C)ccc1C. The van der Waals surface area contributed by atoms with Gasteiger partial charge in [-0.3, -0.25) is 10.2 Å². The van der Waals surface area contributed by atoms with Crippen LogP contribution in [0.4, 0.5) is 0 Å². The van der Waals surface area contributed by atoms with Crippen LogP contribution in [0.1, 0.15) is 50.3 Å². The fourth-order valence-corrected chi connectivity index (χ4v) is 1.95. The Hall–Kier alpha value is -1.35. The molecule has 18 heavy (non-hydrogen) atoms. The van der Waals surface area contributed by atoms with E-state index in [1.807, 2.05) is 13.8 Å². The fraction of sp³-hybridized carbons (Fsp3) is 0.533. The minimum atomic E-state index is -0.153. The first kappa shape index (κ1) is 14.7. The molecule has 0 heterocycles. The van der Waals surface area contributed by atoms with E-state index in [4.69, 9.17) is 0 Å². The van der Waals surface area contributed by atoms with E-state index < -0.39 is 0 Å². The summed E-state index contributed by atoms with van der Waals surface area (Å²) >= 11 is 0. The lowest BCUT2D eigenvalue weighted by Crippen LogP contribution is -2.37. The summed E-state index contributed by atoms with van der Waals surface area (Å²) in [6, 6.07) is 6.38. The van der Waals surface area contributed by atoms with Crippen LogP contribution < -0.4 is 10.9 Å². The van der Waals surface area contributed by atoms with Crippen LogP contribution in [0, 0.1) is 6.92 Å². The number of hydrogen-bond donors (Lipinski definition) is 2. The Balaban J connectivity index is 3.12. The van der Waals surface area contributed by atoms with Crippen molar-refractivity contribution in [2.24, 2.45) is 0 Å². The lowest BCUT2D eigenvalue weighted by Gasteiger charge is -2.22. The van der Waals surface area contributed by atoms with Crippen LogP contribution in [0.25, 0.3) is 0 Å². The van der Waals surface area contributed by atoms with Crippen LogP contribution in [0.15, 0.2) is 18.2 Å². The maximum Gasteiger partial charge on any atom is 0.241 e. The Labute approximate surface area is 110 Å². The number of rotatable bonds is 3. The molecule has 1 amide bonds. The van der Waals surface area contributed by atoms with Gasteiger partial charge in [0.25, 0.3) is 0 Å². The number of benzene rings is 1. The largest absolute Gasteiger partial charge is 0.291 e. The molecule has 1 aromatic rings. The number of carbonyl (C=O) groups excluding carboxylic acids is 1. The topological polar surface area (TPSA) is 41.1 Å². The highest BCUT2D eigenvalue weighted by atomic mass is 16.2. The van der Waals surface area contributed by atoms with E-state index in [0.29, 0.717) is 0 Å². The van der Waals surface area contributed by atoms with Gasteiger partial charge in [0.1, 0.15) is 0 Å². The van der Waals surface area contributed by atoms with Gasteiger partial charge in [0, 0.05) is 7.05 Å². The van der Waals surface area contributed by atoms with Gasteiger partial charge in [-0.15, -0.1) is 0 Å². The van der Waals surface area contributed by atoms with Gasteiger partial charge in [-0.2, -0.15) is 0 Å². The molecule has 0 spiro atoms. The molecule has 1 rings (SSSR count). The lowest BCUT2D eigenvalue weighted by molar-refractivity contribution is -0.123. The summed E-state index contributed by atoms with van der Waals surface area (Å²) in [4.78, 5) is 11.9. The number of amides is 1. The molecular weight excluding hydrogens is 224 g/mol. The normalized spacial score (nSPS) is 13.2. The molecule has 1 unspecified atom stereocenters. The Kier molecular flexibility index (Phi) is 4.52. The standard InChI is InChI=1S/C15H24N2O/c1-10-7-8-12(15(3,4)5)9-13(10)11(2)14(18)17-16-6/h7-9,11,16H,1-6H3,(H,17,18). The average Bonchev–Trinajstić information content (AvgIpc) is 2.27. The van der Waals surface area contributed by atoms with Crippen molar-refractivity contribution in [3.63, 3.8) is 0 Å². The summed E-state index contributed by atoms with van der Waals surface area (Å²) in [7, 11) is 1.70. The molecule has 0 aliphatic carbocycles. The lowest BCUT2D eigenvalue weighted by atomic mass is 9.83. The van der Waals surface area contributed by atoms with Gasteiger partial charge >= 0.3 is 0 Å². The van der Waals surface area contributed by atoms with Crippen LogP contribution in [-0.4, -0.2) is 13.0 Å². The van der Waals surface area contributed by atoms with Gasteiger partial charge in [-0.05, 0) is 36.0 Å². The van der Waals surface area contributed by atoms with E-state index >= 15 is 0 Å². The molecule has 2 N–H and O–H groups in total. The molecular formula is C15H24N2O. The Morgan fingerprint density at radius 2 is 1.89 bits per heavy atom. The highest BCUT2D eigenvalue weighted by molar-refractivity contribution is 5.83. The van der Waals surface area contributed by atoms with Gasteiger partial charge in [0.15, 0.2) is 0 Å². The maximum absolute atomic E-state index is 11.9. The van der Waals surface area contributed by atoms with Gasteiger partial charge < -0.3 is 0 Å². The van der Waals surface area contributed by atoms with Crippen molar-refractivity contribution >= 4 is 5.91 Å². The molecule has 3 nitrogen and oxygen atoms in total. The van der Waals surface area contributed by atoms with Crippen molar-refractivity contribution in [2.75, 3.05) is 7.05 Å². The van der Waals surface area contributed by atoms with Crippen molar-refractivity contribution in [3.05, 3.63) is 34.9 Å². The van der Waals surface area contributed by atoms with Crippen molar-refractivity contribution in [2.45, 2.75) is 46.0 Å². The zero-order valence-corrected chi connectivity index (χ0v) is 12.2. The summed E-state index contributed by atoms with van der Waals surface area (Å²) in [5, 5.41) is 0. The summed E-state index contributed by atoms with van der Waals surface area (Å²) < 4.78 is 0. The van der Waals surface area contributed by atoms with Gasteiger partial charge in [0.05, 0.1) is 5.92 Å². The first-order chi connectivity index (χ1) is 8.27. The second-order valence-corrected chi connectivity index (χ2v) is 5.78. The summed E-state index contributed by atoms with van der Waals surface area (Å²) in [6.07, 6.45) is 0. The fourth-order valence-electron chi connectivity index (χ4n) is 1.95. The number of carbonyl (C=O) groups is 1. The monoisotopic (exact) mass is 248 g/mol. The summed E-state index contributed by atoms with van der Waals surface area (Å²) in [6.45, 7) is 10.5. The zero-order valence-electron chi connectivity index (χ0n) is 12.2. The van der Waals surface area contributed by atoms with E-state index in [0.717, 1.165) is 11.1 Å². The van der Waals surface area contributed by atoms with Crippen LogP contribution in [0.3, 0.4) is 0 Å². The molecule has 0 aromatic heterocycles. The molecule has 1 atom stereocenters. The Morgan fingerprint density at radius 1 is 1.28 bits per heavy atom. The van der Waals surface area contributed by atoms with Gasteiger partial charge in [-0.1, -0.05) is 39.0 Å². The molecule has 0 saturated heterocycles.